The number of carboxylic acid groups (broad SMARTS) is 1. The van der Waals surface area contributed by atoms with Gasteiger partial charge in [0.1, 0.15) is 18.6 Å². The molecule has 2 heterocycles. The summed E-state index contributed by atoms with van der Waals surface area (Å²) in [6.45, 7) is 0.120. The fraction of sp³-hybridized carbons (Fsp3) is 0.364. The van der Waals surface area contributed by atoms with Crippen molar-refractivity contribution in [2.45, 2.75) is 6.54 Å². The van der Waals surface area contributed by atoms with E-state index in [2.05, 4.69) is 0 Å². The van der Waals surface area contributed by atoms with E-state index >= 15 is 0 Å². The highest BCUT2D eigenvalue weighted by molar-refractivity contribution is 5.92. The molecule has 0 aliphatic carbocycles. The van der Waals surface area contributed by atoms with Crippen molar-refractivity contribution in [1.29, 1.82) is 0 Å². The zero-order chi connectivity index (χ0) is 13.3. The highest BCUT2D eigenvalue weighted by Crippen LogP contribution is 2.13. The minimum Gasteiger partial charge on any atom is -0.478 e. The summed E-state index contributed by atoms with van der Waals surface area (Å²) in [6, 6.07) is 1.35. The van der Waals surface area contributed by atoms with Gasteiger partial charge in [-0.2, -0.15) is 0 Å². The summed E-state index contributed by atoms with van der Waals surface area (Å²) in [6.07, 6.45) is 1.11. The maximum absolute atomic E-state index is 11.7. The average Bonchev–Trinajstić information content (AvgIpc) is 2.74. The first-order chi connectivity index (χ1) is 8.47. The van der Waals surface area contributed by atoms with Gasteiger partial charge < -0.3 is 19.3 Å². The molecule has 0 bridgehead atoms. The van der Waals surface area contributed by atoms with E-state index in [1.807, 2.05) is 0 Å². The minimum absolute atomic E-state index is 0.0154. The monoisotopic (exact) mass is 252 g/mol. The van der Waals surface area contributed by atoms with E-state index < -0.39 is 5.97 Å². The third-order valence-corrected chi connectivity index (χ3v) is 2.72. The van der Waals surface area contributed by atoms with Crippen LogP contribution in [0.1, 0.15) is 16.1 Å². The third kappa shape index (κ3) is 2.34. The van der Waals surface area contributed by atoms with E-state index in [1.54, 1.807) is 7.05 Å². The molecule has 0 spiro atoms. The quantitative estimate of drug-likeness (QED) is 0.803. The molecule has 1 aromatic heterocycles. The Hall–Kier alpha value is -2.31. The summed E-state index contributed by atoms with van der Waals surface area (Å²) < 4.78 is 5.04. The van der Waals surface area contributed by atoms with Crippen molar-refractivity contribution < 1.29 is 23.9 Å². The molecule has 1 aliphatic rings. The number of furan rings is 1. The summed E-state index contributed by atoms with van der Waals surface area (Å²) in [7, 11) is 1.56. The molecule has 1 saturated heterocycles. The van der Waals surface area contributed by atoms with Crippen LogP contribution < -0.4 is 0 Å². The summed E-state index contributed by atoms with van der Waals surface area (Å²) in [5.41, 5.74) is 0.0258. The number of piperazine rings is 1. The number of likely N-dealkylation sites (N-methyl/N-ethyl adjacent to an activating group) is 1. The van der Waals surface area contributed by atoms with Crippen LogP contribution >= 0.6 is 0 Å². The first-order valence-electron chi connectivity index (χ1n) is 5.30. The predicted octanol–water partition coefficient (Wildman–Crippen LogP) is -0.222. The SMILES string of the molecule is CN1CC(=O)N(Cc2cc(C(=O)O)co2)CC1=O. The molecule has 7 nitrogen and oxygen atoms in total. The van der Waals surface area contributed by atoms with E-state index in [9.17, 15) is 14.4 Å². The zero-order valence-corrected chi connectivity index (χ0v) is 9.75. The van der Waals surface area contributed by atoms with E-state index in [-0.39, 0.29) is 37.0 Å². The van der Waals surface area contributed by atoms with Gasteiger partial charge in [0.05, 0.1) is 18.7 Å². The van der Waals surface area contributed by atoms with Crippen molar-refractivity contribution in [3.05, 3.63) is 23.7 Å². The Kier molecular flexibility index (Phi) is 3.05. The second-order valence-corrected chi connectivity index (χ2v) is 4.11. The van der Waals surface area contributed by atoms with Crippen LogP contribution in [0.4, 0.5) is 0 Å². The van der Waals surface area contributed by atoms with Crippen molar-refractivity contribution in [1.82, 2.24) is 9.80 Å². The minimum atomic E-state index is -1.09. The maximum atomic E-state index is 11.7. The fourth-order valence-electron chi connectivity index (χ4n) is 1.67. The molecule has 1 aromatic rings. The van der Waals surface area contributed by atoms with Crippen molar-refractivity contribution in [2.24, 2.45) is 0 Å². The molecule has 0 unspecified atom stereocenters. The van der Waals surface area contributed by atoms with Crippen LogP contribution in [0.3, 0.4) is 0 Å². The van der Waals surface area contributed by atoms with Gasteiger partial charge in [0, 0.05) is 7.05 Å². The number of hydrogen-bond donors (Lipinski definition) is 1. The number of amides is 2. The number of nitrogens with zero attached hydrogens (tertiary/aromatic N) is 2. The van der Waals surface area contributed by atoms with Crippen molar-refractivity contribution in [3.63, 3.8) is 0 Å². The summed E-state index contributed by atoms with van der Waals surface area (Å²) in [4.78, 5) is 36.5. The Morgan fingerprint density at radius 3 is 2.72 bits per heavy atom. The van der Waals surface area contributed by atoms with Gasteiger partial charge in [-0.15, -0.1) is 0 Å². The highest BCUT2D eigenvalue weighted by atomic mass is 16.4. The maximum Gasteiger partial charge on any atom is 0.338 e. The molecule has 2 amide bonds. The van der Waals surface area contributed by atoms with Crippen molar-refractivity contribution in [2.75, 3.05) is 20.1 Å². The predicted molar refractivity (Wildman–Crippen MR) is 58.7 cm³/mol. The Morgan fingerprint density at radius 1 is 1.39 bits per heavy atom. The second-order valence-electron chi connectivity index (χ2n) is 4.11. The van der Waals surface area contributed by atoms with Crippen molar-refractivity contribution in [3.8, 4) is 0 Å². The number of aromatic carboxylic acids is 1. The number of carbonyl (C=O) groups excluding carboxylic acids is 2. The lowest BCUT2D eigenvalue weighted by Crippen LogP contribution is -2.51. The van der Waals surface area contributed by atoms with Gasteiger partial charge in [-0.1, -0.05) is 0 Å². The summed E-state index contributed by atoms with van der Waals surface area (Å²) >= 11 is 0. The van der Waals surface area contributed by atoms with Crippen LogP contribution in [0.5, 0.6) is 0 Å². The van der Waals surface area contributed by atoms with Crippen LogP contribution in [0.15, 0.2) is 16.7 Å². The van der Waals surface area contributed by atoms with Crippen molar-refractivity contribution >= 4 is 17.8 Å². The third-order valence-electron chi connectivity index (χ3n) is 2.72. The topological polar surface area (TPSA) is 91.1 Å². The molecule has 1 fully saturated rings. The van der Waals surface area contributed by atoms with Gasteiger partial charge in [-0.05, 0) is 6.07 Å². The molecule has 7 heteroatoms. The van der Waals surface area contributed by atoms with Crippen LogP contribution in [0.2, 0.25) is 0 Å². The first-order valence-corrected chi connectivity index (χ1v) is 5.30. The van der Waals surface area contributed by atoms with Crippen LogP contribution in [0, 0.1) is 0 Å². The summed E-state index contributed by atoms with van der Waals surface area (Å²) in [5, 5.41) is 8.73. The first kappa shape index (κ1) is 12.2. The Morgan fingerprint density at radius 2 is 2.11 bits per heavy atom. The second kappa shape index (κ2) is 4.52. The fourth-order valence-corrected chi connectivity index (χ4v) is 1.67. The molecule has 1 aliphatic heterocycles. The molecule has 1 N–H and O–H groups in total. The molecular formula is C11H12N2O5. The number of carboxylic acids is 1. The van der Waals surface area contributed by atoms with Gasteiger partial charge in [-0.3, -0.25) is 9.59 Å². The number of rotatable bonds is 3. The molecule has 96 valence electrons. The van der Waals surface area contributed by atoms with E-state index in [4.69, 9.17) is 9.52 Å². The zero-order valence-electron chi connectivity index (χ0n) is 9.75. The molecular weight excluding hydrogens is 240 g/mol. The van der Waals surface area contributed by atoms with Gasteiger partial charge in [0.25, 0.3) is 0 Å². The van der Waals surface area contributed by atoms with Gasteiger partial charge in [0.2, 0.25) is 11.8 Å². The van der Waals surface area contributed by atoms with Crippen LogP contribution in [-0.2, 0) is 16.1 Å². The largest absolute Gasteiger partial charge is 0.478 e. The highest BCUT2D eigenvalue weighted by Gasteiger charge is 2.28. The average molecular weight is 252 g/mol. The van der Waals surface area contributed by atoms with E-state index in [1.165, 1.54) is 15.9 Å². The lowest BCUT2D eigenvalue weighted by Gasteiger charge is -2.30. The molecule has 0 aromatic carbocycles. The smallest absolute Gasteiger partial charge is 0.338 e. The summed E-state index contributed by atoms with van der Waals surface area (Å²) in [5.74, 6) is -1.09. The lowest BCUT2D eigenvalue weighted by molar-refractivity contribution is -0.149. The molecule has 0 atom stereocenters. The van der Waals surface area contributed by atoms with Gasteiger partial charge in [-0.25, -0.2) is 4.79 Å². The van der Waals surface area contributed by atoms with Gasteiger partial charge in [0.15, 0.2) is 0 Å². The Balaban J connectivity index is 2.06. The Labute approximate surface area is 103 Å². The number of hydrogen-bond acceptors (Lipinski definition) is 4. The number of carbonyl (C=O) groups is 3. The standard InChI is InChI=1S/C11H12N2O5/c1-12-4-10(15)13(5-9(12)14)3-8-2-7(6-18-8)11(16)17/h2,6H,3-5H2,1H3,(H,16,17). The molecule has 0 radical (unpaired) electrons. The Bertz CT molecular complexity index is 507. The molecule has 0 saturated carbocycles. The van der Waals surface area contributed by atoms with Crippen LogP contribution in [0.25, 0.3) is 0 Å². The van der Waals surface area contributed by atoms with E-state index in [0.717, 1.165) is 6.26 Å². The van der Waals surface area contributed by atoms with Crippen LogP contribution in [-0.4, -0.2) is 52.8 Å². The molecule has 2 rings (SSSR count). The molecule has 18 heavy (non-hydrogen) atoms. The van der Waals surface area contributed by atoms with Gasteiger partial charge >= 0.3 is 5.97 Å². The normalized spacial score (nSPS) is 16.3. The van der Waals surface area contributed by atoms with E-state index in [0.29, 0.717) is 5.76 Å². The lowest BCUT2D eigenvalue weighted by atomic mass is 10.2.